The van der Waals surface area contributed by atoms with Gasteiger partial charge in [-0.25, -0.2) is 0 Å². The van der Waals surface area contributed by atoms with Crippen LogP contribution in [0.2, 0.25) is 0 Å². The predicted molar refractivity (Wildman–Crippen MR) is 58.6 cm³/mol. The van der Waals surface area contributed by atoms with Gasteiger partial charge in [0.2, 0.25) is 0 Å². The Morgan fingerprint density at radius 1 is 1.31 bits per heavy atom. The number of nitrogens with two attached hydrogens (primary N) is 1. The van der Waals surface area contributed by atoms with Crippen LogP contribution in [0.1, 0.15) is 52.4 Å². The van der Waals surface area contributed by atoms with E-state index in [-0.39, 0.29) is 0 Å². The maximum absolute atomic E-state index is 5.83. The van der Waals surface area contributed by atoms with E-state index in [0.717, 1.165) is 24.3 Å². The fourth-order valence-corrected chi connectivity index (χ4v) is 2.95. The summed E-state index contributed by atoms with van der Waals surface area (Å²) in [6, 6.07) is 0. The summed E-state index contributed by atoms with van der Waals surface area (Å²) in [6.45, 7) is 5.62. The van der Waals surface area contributed by atoms with Crippen molar-refractivity contribution < 1.29 is 0 Å². The van der Waals surface area contributed by atoms with Gasteiger partial charge >= 0.3 is 0 Å². The Morgan fingerprint density at radius 3 is 2.62 bits per heavy atom. The van der Waals surface area contributed by atoms with Gasteiger partial charge in [0, 0.05) is 0 Å². The molecule has 2 N–H and O–H groups in total. The van der Waals surface area contributed by atoms with Gasteiger partial charge in [0.25, 0.3) is 0 Å². The Labute approximate surface area is 83.1 Å². The molecule has 1 aliphatic carbocycles. The first-order valence-corrected chi connectivity index (χ1v) is 5.99. The fraction of sp³-hybridized carbons (Fsp3) is 1.00. The van der Waals surface area contributed by atoms with E-state index in [0.29, 0.717) is 0 Å². The van der Waals surface area contributed by atoms with Crippen LogP contribution in [0, 0.1) is 17.8 Å². The lowest BCUT2D eigenvalue weighted by Crippen LogP contribution is -2.30. The number of hydrogen-bond donors (Lipinski definition) is 1. The van der Waals surface area contributed by atoms with Gasteiger partial charge in [-0.1, -0.05) is 39.5 Å². The van der Waals surface area contributed by atoms with Crippen LogP contribution in [0.15, 0.2) is 0 Å². The summed E-state index contributed by atoms with van der Waals surface area (Å²) in [5, 5.41) is 0. The Kier molecular flexibility index (Phi) is 4.79. The van der Waals surface area contributed by atoms with Crippen LogP contribution in [0.3, 0.4) is 0 Å². The van der Waals surface area contributed by atoms with Crippen LogP contribution in [0.5, 0.6) is 0 Å². The SMILES string of the molecule is CCCC(C)C1CCCCC1CN. The van der Waals surface area contributed by atoms with Crippen molar-refractivity contribution in [2.75, 3.05) is 6.54 Å². The van der Waals surface area contributed by atoms with E-state index in [1.54, 1.807) is 0 Å². The van der Waals surface area contributed by atoms with Crippen LogP contribution in [-0.2, 0) is 0 Å². The summed E-state index contributed by atoms with van der Waals surface area (Å²) in [5.41, 5.74) is 5.83. The highest BCUT2D eigenvalue weighted by molar-refractivity contribution is 4.79. The maximum atomic E-state index is 5.83. The molecule has 13 heavy (non-hydrogen) atoms. The Hall–Kier alpha value is -0.0400. The molecule has 1 saturated carbocycles. The Morgan fingerprint density at radius 2 is 2.00 bits per heavy atom. The molecule has 0 aromatic rings. The standard InChI is InChI=1S/C12H25N/c1-3-6-10(2)12-8-5-4-7-11(12)9-13/h10-12H,3-9,13H2,1-2H3. The van der Waals surface area contributed by atoms with Crippen molar-refractivity contribution in [1.82, 2.24) is 0 Å². The van der Waals surface area contributed by atoms with E-state index >= 15 is 0 Å². The third-order valence-electron chi connectivity index (χ3n) is 3.75. The monoisotopic (exact) mass is 183 g/mol. The smallest absolute Gasteiger partial charge is 0.00461 e. The quantitative estimate of drug-likeness (QED) is 0.711. The summed E-state index contributed by atoms with van der Waals surface area (Å²) >= 11 is 0. The Balaban J connectivity index is 2.43. The van der Waals surface area contributed by atoms with Crippen molar-refractivity contribution in [2.45, 2.75) is 52.4 Å². The molecule has 0 aliphatic heterocycles. The first-order chi connectivity index (χ1) is 6.29. The van der Waals surface area contributed by atoms with Crippen molar-refractivity contribution in [3.8, 4) is 0 Å². The van der Waals surface area contributed by atoms with Crippen LogP contribution in [-0.4, -0.2) is 6.54 Å². The van der Waals surface area contributed by atoms with E-state index in [1.807, 2.05) is 0 Å². The summed E-state index contributed by atoms with van der Waals surface area (Å²) in [7, 11) is 0. The fourth-order valence-electron chi connectivity index (χ4n) is 2.95. The molecule has 1 heteroatoms. The van der Waals surface area contributed by atoms with Gasteiger partial charge in [-0.3, -0.25) is 0 Å². The van der Waals surface area contributed by atoms with Crippen LogP contribution in [0.4, 0.5) is 0 Å². The highest BCUT2D eigenvalue weighted by Gasteiger charge is 2.27. The van der Waals surface area contributed by atoms with Gasteiger partial charge in [-0.15, -0.1) is 0 Å². The minimum absolute atomic E-state index is 0.829. The second-order valence-corrected chi connectivity index (χ2v) is 4.71. The average Bonchev–Trinajstić information content (AvgIpc) is 2.18. The second-order valence-electron chi connectivity index (χ2n) is 4.71. The summed E-state index contributed by atoms with van der Waals surface area (Å²) in [4.78, 5) is 0. The lowest BCUT2D eigenvalue weighted by atomic mass is 9.72. The molecule has 0 heterocycles. The van der Waals surface area contributed by atoms with E-state index in [1.165, 1.54) is 38.5 Å². The van der Waals surface area contributed by atoms with Gasteiger partial charge in [0.1, 0.15) is 0 Å². The summed E-state index contributed by atoms with van der Waals surface area (Å²) in [6.07, 6.45) is 8.39. The van der Waals surface area contributed by atoms with Gasteiger partial charge in [0.05, 0.1) is 0 Å². The molecule has 0 spiro atoms. The second kappa shape index (κ2) is 5.64. The van der Waals surface area contributed by atoms with Crippen LogP contribution < -0.4 is 5.73 Å². The van der Waals surface area contributed by atoms with Crippen LogP contribution >= 0.6 is 0 Å². The van der Waals surface area contributed by atoms with Gasteiger partial charge in [-0.05, 0) is 37.1 Å². The molecule has 1 rings (SSSR count). The first kappa shape index (κ1) is 11.0. The van der Waals surface area contributed by atoms with E-state index < -0.39 is 0 Å². The molecule has 1 aliphatic rings. The van der Waals surface area contributed by atoms with E-state index in [4.69, 9.17) is 5.73 Å². The minimum Gasteiger partial charge on any atom is -0.330 e. The van der Waals surface area contributed by atoms with Crippen molar-refractivity contribution in [1.29, 1.82) is 0 Å². The molecule has 0 saturated heterocycles. The van der Waals surface area contributed by atoms with Crippen molar-refractivity contribution in [2.24, 2.45) is 23.5 Å². The first-order valence-electron chi connectivity index (χ1n) is 5.99. The summed E-state index contributed by atoms with van der Waals surface area (Å²) < 4.78 is 0. The highest BCUT2D eigenvalue weighted by atomic mass is 14.6. The largest absolute Gasteiger partial charge is 0.330 e. The van der Waals surface area contributed by atoms with Crippen molar-refractivity contribution in [3.05, 3.63) is 0 Å². The van der Waals surface area contributed by atoms with E-state index in [9.17, 15) is 0 Å². The molecule has 0 radical (unpaired) electrons. The third kappa shape index (κ3) is 2.98. The lowest BCUT2D eigenvalue weighted by Gasteiger charge is -2.35. The average molecular weight is 183 g/mol. The molecule has 3 unspecified atom stereocenters. The topological polar surface area (TPSA) is 26.0 Å². The van der Waals surface area contributed by atoms with Crippen molar-refractivity contribution in [3.63, 3.8) is 0 Å². The predicted octanol–water partition coefficient (Wildman–Crippen LogP) is 3.19. The third-order valence-corrected chi connectivity index (χ3v) is 3.75. The molecular formula is C12H25N. The molecule has 0 aromatic heterocycles. The van der Waals surface area contributed by atoms with Gasteiger partial charge in [0.15, 0.2) is 0 Å². The zero-order valence-corrected chi connectivity index (χ0v) is 9.26. The Bertz CT molecular complexity index is 133. The summed E-state index contributed by atoms with van der Waals surface area (Å²) in [5.74, 6) is 2.66. The number of hydrogen-bond acceptors (Lipinski definition) is 1. The molecule has 1 fully saturated rings. The van der Waals surface area contributed by atoms with E-state index in [2.05, 4.69) is 13.8 Å². The molecular weight excluding hydrogens is 158 g/mol. The molecule has 0 aromatic carbocycles. The van der Waals surface area contributed by atoms with Crippen LogP contribution in [0.25, 0.3) is 0 Å². The zero-order valence-electron chi connectivity index (χ0n) is 9.26. The molecule has 3 atom stereocenters. The van der Waals surface area contributed by atoms with Crippen molar-refractivity contribution >= 4 is 0 Å². The normalized spacial score (nSPS) is 31.6. The molecule has 1 nitrogen and oxygen atoms in total. The highest BCUT2D eigenvalue weighted by Crippen LogP contribution is 2.36. The number of rotatable bonds is 4. The van der Waals surface area contributed by atoms with Gasteiger partial charge in [-0.2, -0.15) is 0 Å². The van der Waals surface area contributed by atoms with Gasteiger partial charge < -0.3 is 5.73 Å². The molecule has 0 amide bonds. The maximum Gasteiger partial charge on any atom is -0.00461 e. The minimum atomic E-state index is 0.829. The molecule has 0 bridgehead atoms. The zero-order chi connectivity index (χ0) is 9.68. The lowest BCUT2D eigenvalue weighted by molar-refractivity contribution is 0.168. The molecule has 78 valence electrons.